The lowest BCUT2D eigenvalue weighted by atomic mass is 9.86. The van der Waals surface area contributed by atoms with Crippen LogP contribution in [0.4, 0.5) is 0 Å². The van der Waals surface area contributed by atoms with Crippen LogP contribution in [0.25, 0.3) is 0 Å². The summed E-state index contributed by atoms with van der Waals surface area (Å²) >= 11 is 0. The molecule has 112 valence electrons. The quantitative estimate of drug-likeness (QED) is 0.840. The van der Waals surface area contributed by atoms with Crippen molar-refractivity contribution >= 4 is 0 Å². The zero-order valence-corrected chi connectivity index (χ0v) is 13.7. The lowest BCUT2D eigenvalue weighted by Crippen LogP contribution is -2.14. The summed E-state index contributed by atoms with van der Waals surface area (Å²) in [5.74, 6) is 0. The molecule has 2 N–H and O–H groups in total. The van der Waals surface area contributed by atoms with E-state index in [4.69, 9.17) is 5.73 Å². The molecule has 1 atom stereocenters. The van der Waals surface area contributed by atoms with Crippen LogP contribution < -0.4 is 5.73 Å². The van der Waals surface area contributed by atoms with Crippen molar-refractivity contribution in [3.63, 3.8) is 0 Å². The molecule has 0 radical (unpaired) electrons. The third-order valence-electron chi connectivity index (χ3n) is 4.01. The molecule has 2 aromatic carbocycles. The average Bonchev–Trinajstić information content (AvgIpc) is 2.47. The van der Waals surface area contributed by atoms with E-state index in [1.165, 1.54) is 28.7 Å². The van der Waals surface area contributed by atoms with Crippen LogP contribution in [0.1, 0.15) is 62.4 Å². The Morgan fingerprint density at radius 1 is 0.857 bits per heavy atom. The van der Waals surface area contributed by atoms with Gasteiger partial charge in [0.05, 0.1) is 6.04 Å². The molecule has 1 heteroatoms. The van der Waals surface area contributed by atoms with Gasteiger partial charge in [0.25, 0.3) is 0 Å². The molecule has 0 spiro atoms. The lowest BCUT2D eigenvalue weighted by Gasteiger charge is -2.20. The van der Waals surface area contributed by atoms with E-state index in [0.29, 0.717) is 0 Å². The Hall–Kier alpha value is -1.60. The highest BCUT2D eigenvalue weighted by Crippen LogP contribution is 2.25. The molecule has 0 aliphatic carbocycles. The Labute approximate surface area is 129 Å². The predicted octanol–water partition coefficient (Wildman–Crippen LogP) is 4.98. The molecule has 21 heavy (non-hydrogen) atoms. The number of hydrogen-bond acceptors (Lipinski definition) is 1. The molecule has 0 saturated carbocycles. The molecular weight excluding hydrogens is 254 g/mol. The lowest BCUT2D eigenvalue weighted by molar-refractivity contribution is 0.589. The van der Waals surface area contributed by atoms with E-state index in [1.54, 1.807) is 0 Å². The first-order chi connectivity index (χ1) is 9.91. The summed E-state index contributed by atoms with van der Waals surface area (Å²) in [4.78, 5) is 0. The fraction of sp³-hybridized carbons (Fsp3) is 0.400. The van der Waals surface area contributed by atoms with Gasteiger partial charge in [-0.05, 0) is 34.1 Å². The monoisotopic (exact) mass is 281 g/mol. The van der Waals surface area contributed by atoms with Crippen LogP contribution in [-0.4, -0.2) is 0 Å². The van der Waals surface area contributed by atoms with Gasteiger partial charge in [0.15, 0.2) is 0 Å². The average molecular weight is 281 g/mol. The smallest absolute Gasteiger partial charge is 0.0551 e. The van der Waals surface area contributed by atoms with Crippen LogP contribution in [0, 0.1) is 0 Å². The molecule has 1 nitrogen and oxygen atoms in total. The predicted molar refractivity (Wildman–Crippen MR) is 91.6 cm³/mol. The van der Waals surface area contributed by atoms with Crippen molar-refractivity contribution in [3.8, 4) is 0 Å². The summed E-state index contributed by atoms with van der Waals surface area (Å²) in [6, 6.07) is 17.4. The van der Waals surface area contributed by atoms with Crippen molar-refractivity contribution in [1.82, 2.24) is 0 Å². The Balaban J connectivity index is 2.17. The summed E-state index contributed by atoms with van der Waals surface area (Å²) in [6.07, 6.45) is 2.31. The van der Waals surface area contributed by atoms with Gasteiger partial charge in [-0.1, -0.05) is 82.6 Å². The highest BCUT2D eigenvalue weighted by Gasteiger charge is 2.14. The molecule has 0 heterocycles. The fourth-order valence-corrected chi connectivity index (χ4v) is 2.56. The first kappa shape index (κ1) is 15.8. The molecule has 0 amide bonds. The molecule has 2 rings (SSSR count). The van der Waals surface area contributed by atoms with E-state index in [9.17, 15) is 0 Å². The van der Waals surface area contributed by atoms with Gasteiger partial charge in [-0.15, -0.1) is 0 Å². The van der Waals surface area contributed by atoms with Crippen molar-refractivity contribution in [2.75, 3.05) is 0 Å². The molecular formula is C20H27N. The Bertz CT molecular complexity index is 558. The zero-order valence-electron chi connectivity index (χ0n) is 13.7. The Morgan fingerprint density at radius 2 is 1.33 bits per heavy atom. The van der Waals surface area contributed by atoms with Crippen LogP contribution in [0.3, 0.4) is 0 Å². The Morgan fingerprint density at radius 3 is 1.76 bits per heavy atom. The molecule has 0 bridgehead atoms. The molecule has 0 fully saturated rings. The Kier molecular flexibility index (Phi) is 4.84. The van der Waals surface area contributed by atoms with Gasteiger partial charge >= 0.3 is 0 Å². The van der Waals surface area contributed by atoms with Crippen molar-refractivity contribution < 1.29 is 0 Å². The van der Waals surface area contributed by atoms with E-state index in [-0.39, 0.29) is 11.5 Å². The van der Waals surface area contributed by atoms with Crippen molar-refractivity contribution in [3.05, 3.63) is 70.8 Å². The summed E-state index contributed by atoms with van der Waals surface area (Å²) in [6.45, 7) is 8.90. The minimum absolute atomic E-state index is 0.0466. The first-order valence-electron chi connectivity index (χ1n) is 7.86. The number of aryl methyl sites for hydroxylation is 1. The maximum absolute atomic E-state index is 6.40. The SMILES string of the molecule is CCCc1ccc(C(N)c2ccc(C(C)(C)C)cc2)cc1. The third-order valence-corrected chi connectivity index (χ3v) is 4.01. The third kappa shape index (κ3) is 3.95. The second-order valence-corrected chi connectivity index (χ2v) is 6.84. The van der Waals surface area contributed by atoms with E-state index >= 15 is 0 Å². The molecule has 0 aromatic heterocycles. The zero-order chi connectivity index (χ0) is 15.5. The van der Waals surface area contributed by atoms with Gasteiger partial charge in [-0.2, -0.15) is 0 Å². The number of hydrogen-bond donors (Lipinski definition) is 1. The highest BCUT2D eigenvalue weighted by molar-refractivity contribution is 5.36. The first-order valence-corrected chi connectivity index (χ1v) is 7.86. The number of benzene rings is 2. The van der Waals surface area contributed by atoms with Gasteiger partial charge in [0.2, 0.25) is 0 Å². The van der Waals surface area contributed by atoms with Crippen molar-refractivity contribution in [2.24, 2.45) is 5.73 Å². The standard InChI is InChI=1S/C20H27N/c1-5-6-15-7-9-16(10-8-15)19(21)17-11-13-18(14-12-17)20(2,3)4/h7-14,19H,5-6,21H2,1-4H3. The minimum atomic E-state index is -0.0466. The largest absolute Gasteiger partial charge is 0.320 e. The van der Waals surface area contributed by atoms with Crippen molar-refractivity contribution in [2.45, 2.75) is 52.0 Å². The van der Waals surface area contributed by atoms with Gasteiger partial charge in [-0.25, -0.2) is 0 Å². The molecule has 0 aliphatic heterocycles. The van der Waals surface area contributed by atoms with Gasteiger partial charge in [-0.3, -0.25) is 0 Å². The van der Waals surface area contributed by atoms with Gasteiger partial charge < -0.3 is 5.73 Å². The molecule has 1 unspecified atom stereocenters. The normalized spacial score (nSPS) is 13.2. The summed E-state index contributed by atoms with van der Waals surface area (Å²) in [7, 11) is 0. The van der Waals surface area contributed by atoms with E-state index < -0.39 is 0 Å². The van der Waals surface area contributed by atoms with Gasteiger partial charge in [0.1, 0.15) is 0 Å². The fourth-order valence-electron chi connectivity index (χ4n) is 2.56. The second kappa shape index (κ2) is 6.44. The highest BCUT2D eigenvalue weighted by atomic mass is 14.6. The van der Waals surface area contributed by atoms with Crippen LogP contribution in [0.15, 0.2) is 48.5 Å². The van der Waals surface area contributed by atoms with Gasteiger partial charge in [0, 0.05) is 0 Å². The van der Waals surface area contributed by atoms with Crippen LogP contribution in [0.5, 0.6) is 0 Å². The minimum Gasteiger partial charge on any atom is -0.320 e. The summed E-state index contributed by atoms with van der Waals surface area (Å²) < 4.78 is 0. The van der Waals surface area contributed by atoms with Crippen LogP contribution >= 0.6 is 0 Å². The number of nitrogens with two attached hydrogens (primary N) is 1. The number of rotatable bonds is 4. The molecule has 0 saturated heterocycles. The maximum atomic E-state index is 6.40. The van der Waals surface area contributed by atoms with E-state index in [0.717, 1.165) is 6.42 Å². The summed E-state index contributed by atoms with van der Waals surface area (Å²) in [5, 5.41) is 0. The van der Waals surface area contributed by atoms with E-state index in [1.807, 2.05) is 0 Å². The topological polar surface area (TPSA) is 26.0 Å². The summed E-state index contributed by atoms with van der Waals surface area (Å²) in [5.41, 5.74) is 11.7. The van der Waals surface area contributed by atoms with Crippen LogP contribution in [-0.2, 0) is 11.8 Å². The van der Waals surface area contributed by atoms with Crippen LogP contribution in [0.2, 0.25) is 0 Å². The van der Waals surface area contributed by atoms with Crippen molar-refractivity contribution in [1.29, 1.82) is 0 Å². The molecule has 2 aromatic rings. The second-order valence-electron chi connectivity index (χ2n) is 6.84. The maximum Gasteiger partial charge on any atom is 0.0551 e. The molecule has 0 aliphatic rings. The van der Waals surface area contributed by atoms with E-state index in [2.05, 4.69) is 76.2 Å².